The summed E-state index contributed by atoms with van der Waals surface area (Å²) in [4.78, 5) is 34.8. The quantitative estimate of drug-likeness (QED) is 0.0182. The number of esters is 2. The van der Waals surface area contributed by atoms with Crippen LogP contribution in [0.5, 0.6) is 0 Å². The lowest BCUT2D eigenvalue weighted by molar-refractivity contribution is -0.161. The topological polar surface area (TPSA) is 155 Å². The van der Waals surface area contributed by atoms with Crippen molar-refractivity contribution in [3.8, 4) is 0 Å². The maximum atomic E-state index is 12.5. The van der Waals surface area contributed by atoms with Gasteiger partial charge in [-0.05, 0) is 70.6 Å². The van der Waals surface area contributed by atoms with Crippen LogP contribution < -0.4 is 5.73 Å². The number of carbonyl (C=O) groups is 2. The van der Waals surface area contributed by atoms with Crippen molar-refractivity contribution in [3.63, 3.8) is 0 Å². The number of allylic oxidation sites excluding steroid dienone is 11. The van der Waals surface area contributed by atoms with Gasteiger partial charge in [-0.25, -0.2) is 4.57 Å². The van der Waals surface area contributed by atoms with Crippen molar-refractivity contribution in [3.05, 3.63) is 72.9 Å². The molecule has 0 bridgehead atoms. The molecule has 0 spiro atoms. The Labute approximate surface area is 327 Å². The van der Waals surface area contributed by atoms with Gasteiger partial charge in [0.2, 0.25) is 0 Å². The molecule has 0 aliphatic heterocycles. The van der Waals surface area contributed by atoms with Gasteiger partial charge in [0.1, 0.15) is 6.61 Å². The van der Waals surface area contributed by atoms with Gasteiger partial charge in [0.05, 0.1) is 19.3 Å². The summed E-state index contributed by atoms with van der Waals surface area (Å²) >= 11 is 0. The van der Waals surface area contributed by atoms with Crippen LogP contribution >= 0.6 is 7.82 Å². The minimum Gasteiger partial charge on any atom is -0.462 e. The van der Waals surface area contributed by atoms with Gasteiger partial charge in [-0.1, -0.05) is 138 Å². The Morgan fingerprint density at radius 1 is 0.648 bits per heavy atom. The molecule has 0 saturated carbocycles. The third-order valence-electron chi connectivity index (χ3n) is 8.23. The Hall–Kier alpha value is -2.59. The lowest BCUT2D eigenvalue weighted by Crippen LogP contribution is -2.29. The maximum Gasteiger partial charge on any atom is 0.472 e. The molecule has 0 amide bonds. The van der Waals surface area contributed by atoms with E-state index in [9.17, 15) is 24.2 Å². The van der Waals surface area contributed by atoms with E-state index in [1.807, 2.05) is 37.3 Å². The average Bonchev–Trinajstić information content (AvgIpc) is 3.16. The number of unbranched alkanes of at least 4 members (excludes halogenated alkanes) is 12. The van der Waals surface area contributed by atoms with Crippen LogP contribution in [-0.2, 0) is 32.7 Å². The Morgan fingerprint density at radius 3 is 1.81 bits per heavy atom. The molecule has 0 radical (unpaired) electrons. The summed E-state index contributed by atoms with van der Waals surface area (Å²) in [5, 5.41) is 9.46. The largest absolute Gasteiger partial charge is 0.472 e. The van der Waals surface area contributed by atoms with Gasteiger partial charge in [0, 0.05) is 19.4 Å². The Morgan fingerprint density at radius 2 is 1.19 bits per heavy atom. The van der Waals surface area contributed by atoms with Crippen molar-refractivity contribution >= 4 is 19.8 Å². The second-order valence-corrected chi connectivity index (χ2v) is 14.8. The molecule has 11 heteroatoms. The molecule has 0 aromatic rings. The van der Waals surface area contributed by atoms with E-state index in [1.165, 1.54) is 44.9 Å². The second kappa shape index (κ2) is 38.7. The molecule has 4 N–H and O–H groups in total. The highest BCUT2D eigenvalue weighted by atomic mass is 31.2. The van der Waals surface area contributed by atoms with E-state index in [-0.39, 0.29) is 38.7 Å². The van der Waals surface area contributed by atoms with Crippen molar-refractivity contribution in [2.75, 3.05) is 26.4 Å². The molecule has 0 aliphatic carbocycles. The zero-order valence-corrected chi connectivity index (χ0v) is 34.4. The van der Waals surface area contributed by atoms with E-state index >= 15 is 0 Å². The Bertz CT molecular complexity index is 1130. The predicted molar refractivity (Wildman–Crippen MR) is 221 cm³/mol. The van der Waals surface area contributed by atoms with Crippen LogP contribution in [0.4, 0.5) is 0 Å². The molecular formula is C43H74NO9P. The van der Waals surface area contributed by atoms with Gasteiger partial charge in [0.15, 0.2) is 6.10 Å². The van der Waals surface area contributed by atoms with E-state index in [4.69, 9.17) is 24.3 Å². The molecule has 54 heavy (non-hydrogen) atoms. The highest BCUT2D eigenvalue weighted by Crippen LogP contribution is 2.43. The van der Waals surface area contributed by atoms with Gasteiger partial charge >= 0.3 is 19.8 Å². The number of carbonyl (C=O) groups excluding carboxylic acids is 2. The first-order valence-corrected chi connectivity index (χ1v) is 22.0. The van der Waals surface area contributed by atoms with Gasteiger partial charge in [-0.3, -0.25) is 18.6 Å². The van der Waals surface area contributed by atoms with Crippen LogP contribution in [0.1, 0.15) is 149 Å². The van der Waals surface area contributed by atoms with Crippen molar-refractivity contribution in [1.29, 1.82) is 0 Å². The van der Waals surface area contributed by atoms with Crippen molar-refractivity contribution in [2.45, 2.75) is 161 Å². The summed E-state index contributed by atoms with van der Waals surface area (Å²) in [7, 11) is -4.40. The maximum absolute atomic E-state index is 12.5. The highest BCUT2D eigenvalue weighted by molar-refractivity contribution is 7.47. The normalized spacial score (nSPS) is 14.7. The Balaban J connectivity index is 4.34. The zero-order valence-electron chi connectivity index (χ0n) is 33.5. The van der Waals surface area contributed by atoms with Gasteiger partial charge < -0.3 is 25.2 Å². The Kier molecular flexibility index (Phi) is 36.8. The van der Waals surface area contributed by atoms with Crippen LogP contribution in [0.15, 0.2) is 72.9 Å². The second-order valence-electron chi connectivity index (χ2n) is 13.3. The summed E-state index contributed by atoms with van der Waals surface area (Å²) in [5.41, 5.74) is 5.33. The molecule has 3 unspecified atom stereocenters. The van der Waals surface area contributed by atoms with E-state index in [0.717, 1.165) is 51.4 Å². The molecule has 0 aromatic carbocycles. The fourth-order valence-corrected chi connectivity index (χ4v) is 5.79. The summed E-state index contributed by atoms with van der Waals surface area (Å²) < 4.78 is 32.6. The molecule has 0 aromatic heterocycles. The highest BCUT2D eigenvalue weighted by Gasteiger charge is 2.25. The number of aliphatic hydroxyl groups is 1. The van der Waals surface area contributed by atoms with Crippen molar-refractivity contribution in [2.24, 2.45) is 5.73 Å². The minimum absolute atomic E-state index is 0.0338. The number of hydrogen-bond donors (Lipinski definition) is 3. The van der Waals surface area contributed by atoms with Gasteiger partial charge in [0.25, 0.3) is 0 Å². The SMILES string of the molecule is CCCCCCCC/C=C\CCCCCCCC(=O)OCC(COP(=O)(O)OCCN)OC(=O)CCC/C=C\C/C=C\C/C=C\C/C=C\C=C\C(O)CC. The van der Waals surface area contributed by atoms with Crippen molar-refractivity contribution in [1.82, 2.24) is 0 Å². The molecular weight excluding hydrogens is 705 g/mol. The summed E-state index contributed by atoms with van der Waals surface area (Å²) in [5.74, 6) is -0.933. The molecule has 0 rings (SSSR count). The molecule has 0 aliphatic rings. The lowest BCUT2D eigenvalue weighted by atomic mass is 10.1. The van der Waals surface area contributed by atoms with Crippen molar-refractivity contribution < 1.29 is 42.7 Å². The number of aliphatic hydroxyl groups excluding tert-OH is 1. The van der Waals surface area contributed by atoms with E-state index in [1.54, 1.807) is 6.08 Å². The van der Waals surface area contributed by atoms with Crippen LogP contribution in [-0.4, -0.2) is 60.5 Å². The average molecular weight is 780 g/mol. The standard InChI is InChI=1S/C43H74NO9P/c1-3-5-6-7-8-9-10-11-12-16-19-22-25-28-31-34-42(46)50-38-41(39-52-54(48,49)51-37-36-44)53-43(47)35-32-29-26-23-20-17-14-13-15-18-21-24-27-30-33-40(45)4-2/h11-12,14-15,17-18,23-24,26-27,30,33,40-41,45H,3-10,13,16,19-22,25,28-29,31-32,34-39,44H2,1-2H3,(H,48,49)/b12-11-,17-14-,18-15-,26-23-,27-24-,33-30+. The zero-order chi connectivity index (χ0) is 39.8. The van der Waals surface area contributed by atoms with E-state index in [2.05, 4.69) is 43.4 Å². The molecule has 3 atom stereocenters. The number of phosphoric acid groups is 1. The first kappa shape index (κ1) is 51.4. The number of hydrogen-bond acceptors (Lipinski definition) is 9. The first-order valence-electron chi connectivity index (χ1n) is 20.5. The predicted octanol–water partition coefficient (Wildman–Crippen LogP) is 10.5. The molecule has 310 valence electrons. The van der Waals surface area contributed by atoms with Crippen LogP contribution in [0, 0.1) is 0 Å². The number of nitrogens with two attached hydrogens (primary N) is 1. The summed E-state index contributed by atoms with van der Waals surface area (Å²) in [6.45, 7) is 3.29. The monoisotopic (exact) mass is 780 g/mol. The molecule has 0 heterocycles. The minimum atomic E-state index is -4.40. The third-order valence-corrected chi connectivity index (χ3v) is 9.22. The number of phosphoric ester groups is 1. The molecule has 0 fully saturated rings. The fourth-order valence-electron chi connectivity index (χ4n) is 5.03. The van der Waals surface area contributed by atoms with E-state index in [0.29, 0.717) is 25.7 Å². The van der Waals surface area contributed by atoms with Crippen LogP contribution in [0.25, 0.3) is 0 Å². The van der Waals surface area contributed by atoms with Crippen LogP contribution in [0.2, 0.25) is 0 Å². The fraction of sp³-hybridized carbons (Fsp3) is 0.674. The lowest BCUT2D eigenvalue weighted by Gasteiger charge is -2.19. The molecule has 10 nitrogen and oxygen atoms in total. The molecule has 0 saturated heterocycles. The third kappa shape index (κ3) is 37.7. The van der Waals surface area contributed by atoms with E-state index < -0.39 is 32.5 Å². The number of ether oxygens (including phenoxy) is 2. The van der Waals surface area contributed by atoms with Crippen LogP contribution in [0.3, 0.4) is 0 Å². The summed E-state index contributed by atoms with van der Waals surface area (Å²) in [6.07, 6.45) is 43.2. The first-order chi connectivity index (χ1) is 26.2. The number of rotatable bonds is 37. The van der Waals surface area contributed by atoms with Gasteiger partial charge in [-0.15, -0.1) is 0 Å². The smallest absolute Gasteiger partial charge is 0.462 e. The summed E-state index contributed by atoms with van der Waals surface area (Å²) in [6, 6.07) is 0. The van der Waals surface area contributed by atoms with Gasteiger partial charge in [-0.2, -0.15) is 0 Å².